The van der Waals surface area contributed by atoms with Gasteiger partial charge in [-0.15, -0.1) is 0 Å². The fraction of sp³-hybridized carbons (Fsp3) is 0.364. The van der Waals surface area contributed by atoms with E-state index in [9.17, 15) is 10.1 Å². The lowest BCUT2D eigenvalue weighted by molar-refractivity contribution is -0.385. The van der Waals surface area contributed by atoms with Gasteiger partial charge < -0.3 is 14.9 Å². The van der Waals surface area contributed by atoms with Crippen molar-refractivity contribution in [2.45, 2.75) is 13.5 Å². The molecule has 1 heterocycles. The molecule has 0 radical (unpaired) electrons. The van der Waals surface area contributed by atoms with Crippen molar-refractivity contribution in [3.8, 4) is 5.75 Å². The van der Waals surface area contributed by atoms with Gasteiger partial charge in [0.15, 0.2) is 5.75 Å². The van der Waals surface area contributed by atoms with Crippen molar-refractivity contribution in [2.75, 3.05) is 39.3 Å². The standard InChI is InChI=1S/C20H25N3O3.C2H2O4/c1-17-7-8-19(23(24)25)20(15-17)26-14-13-21-9-11-22(12-10-21)16-18-5-3-2-4-6-18;3-1(4)2(5)6/h2-8,15H,9-14,16H2,1H3;(H,3,4)(H,5,6). The highest BCUT2D eigenvalue weighted by molar-refractivity contribution is 6.27. The Hall–Kier alpha value is -3.50. The summed E-state index contributed by atoms with van der Waals surface area (Å²) in [4.78, 5) is 33.7. The van der Waals surface area contributed by atoms with Gasteiger partial charge in [0.1, 0.15) is 6.61 Å². The molecule has 0 spiro atoms. The first kappa shape index (κ1) is 24.8. The van der Waals surface area contributed by atoms with Crippen molar-refractivity contribution in [2.24, 2.45) is 0 Å². The summed E-state index contributed by atoms with van der Waals surface area (Å²) in [5, 5.41) is 25.9. The van der Waals surface area contributed by atoms with Crippen molar-refractivity contribution in [3.05, 3.63) is 69.8 Å². The lowest BCUT2D eigenvalue weighted by Crippen LogP contribution is -2.47. The third kappa shape index (κ3) is 8.32. The maximum Gasteiger partial charge on any atom is 0.414 e. The third-order valence-electron chi connectivity index (χ3n) is 4.87. The molecule has 1 aliphatic heterocycles. The number of hydrogen-bond donors (Lipinski definition) is 2. The van der Waals surface area contributed by atoms with E-state index in [4.69, 9.17) is 24.5 Å². The normalized spacial score (nSPS) is 14.2. The van der Waals surface area contributed by atoms with Gasteiger partial charge in [0.25, 0.3) is 0 Å². The van der Waals surface area contributed by atoms with Crippen molar-refractivity contribution < 1.29 is 29.5 Å². The molecule has 172 valence electrons. The molecule has 0 unspecified atom stereocenters. The van der Waals surface area contributed by atoms with Gasteiger partial charge in [-0.05, 0) is 24.1 Å². The molecule has 32 heavy (non-hydrogen) atoms. The minimum Gasteiger partial charge on any atom is -0.485 e. The van der Waals surface area contributed by atoms with Crippen LogP contribution in [-0.2, 0) is 16.1 Å². The molecule has 2 aromatic carbocycles. The molecule has 0 atom stereocenters. The molecule has 10 nitrogen and oxygen atoms in total. The van der Waals surface area contributed by atoms with E-state index in [1.807, 2.05) is 13.0 Å². The van der Waals surface area contributed by atoms with E-state index in [-0.39, 0.29) is 5.69 Å². The van der Waals surface area contributed by atoms with Gasteiger partial charge in [0, 0.05) is 45.3 Å². The molecule has 2 aromatic rings. The number of hydrogen-bond acceptors (Lipinski definition) is 7. The van der Waals surface area contributed by atoms with Gasteiger partial charge in [-0.3, -0.25) is 19.9 Å². The second-order valence-electron chi connectivity index (χ2n) is 7.29. The van der Waals surface area contributed by atoms with Gasteiger partial charge in [0.2, 0.25) is 0 Å². The summed E-state index contributed by atoms with van der Waals surface area (Å²) in [6, 6.07) is 15.5. The molecule has 0 aromatic heterocycles. The quantitative estimate of drug-likeness (QED) is 0.374. The molecule has 2 N–H and O–H groups in total. The molecule has 0 amide bonds. The minimum absolute atomic E-state index is 0.0308. The summed E-state index contributed by atoms with van der Waals surface area (Å²) < 4.78 is 5.71. The summed E-state index contributed by atoms with van der Waals surface area (Å²) >= 11 is 0. The van der Waals surface area contributed by atoms with Crippen LogP contribution in [0.3, 0.4) is 0 Å². The Labute approximate surface area is 185 Å². The van der Waals surface area contributed by atoms with Crippen LogP contribution in [0.15, 0.2) is 48.5 Å². The monoisotopic (exact) mass is 445 g/mol. The molecule has 0 aliphatic carbocycles. The molecule has 1 aliphatic rings. The van der Waals surface area contributed by atoms with Crippen LogP contribution in [0.25, 0.3) is 0 Å². The van der Waals surface area contributed by atoms with Gasteiger partial charge in [-0.1, -0.05) is 36.4 Å². The molecule has 0 bridgehead atoms. The SMILES string of the molecule is Cc1ccc([N+](=O)[O-])c(OCCN2CCN(Cc3ccccc3)CC2)c1.O=C(O)C(=O)O. The number of rotatable bonds is 7. The lowest BCUT2D eigenvalue weighted by atomic mass is 10.2. The highest BCUT2D eigenvalue weighted by atomic mass is 16.6. The summed E-state index contributed by atoms with van der Waals surface area (Å²) in [6.45, 7) is 8.17. The van der Waals surface area contributed by atoms with Crippen molar-refractivity contribution in [3.63, 3.8) is 0 Å². The first-order chi connectivity index (χ1) is 15.3. The third-order valence-corrected chi connectivity index (χ3v) is 4.87. The van der Waals surface area contributed by atoms with Gasteiger partial charge in [0.05, 0.1) is 4.92 Å². The van der Waals surface area contributed by atoms with Crippen LogP contribution < -0.4 is 4.74 Å². The van der Waals surface area contributed by atoms with Crippen LogP contribution >= 0.6 is 0 Å². The van der Waals surface area contributed by atoms with Crippen LogP contribution in [-0.4, -0.2) is 76.2 Å². The van der Waals surface area contributed by atoms with E-state index in [1.54, 1.807) is 12.1 Å². The molecular formula is C22H27N3O7. The number of carbonyl (C=O) groups is 2. The largest absolute Gasteiger partial charge is 0.485 e. The van der Waals surface area contributed by atoms with E-state index in [0.29, 0.717) is 12.4 Å². The molecule has 1 saturated heterocycles. The number of piperazine rings is 1. The maximum absolute atomic E-state index is 11.1. The van der Waals surface area contributed by atoms with Crippen LogP contribution in [0.5, 0.6) is 5.75 Å². The lowest BCUT2D eigenvalue weighted by Gasteiger charge is -2.34. The molecule has 0 saturated carbocycles. The summed E-state index contributed by atoms with van der Waals surface area (Å²) in [6.07, 6.45) is 0. The molecule has 1 fully saturated rings. The fourth-order valence-electron chi connectivity index (χ4n) is 3.19. The highest BCUT2D eigenvalue weighted by Crippen LogP contribution is 2.27. The molecular weight excluding hydrogens is 418 g/mol. The number of carboxylic acid groups (broad SMARTS) is 2. The highest BCUT2D eigenvalue weighted by Gasteiger charge is 2.18. The fourth-order valence-corrected chi connectivity index (χ4v) is 3.19. The number of ether oxygens (including phenoxy) is 1. The Balaban J connectivity index is 0.000000534. The van der Waals surface area contributed by atoms with Crippen molar-refractivity contribution in [1.82, 2.24) is 9.80 Å². The predicted molar refractivity (Wildman–Crippen MR) is 117 cm³/mol. The second kappa shape index (κ2) is 12.4. The summed E-state index contributed by atoms with van der Waals surface area (Å²) in [5.74, 6) is -3.29. The molecule has 10 heteroatoms. The number of benzene rings is 2. The summed E-state index contributed by atoms with van der Waals surface area (Å²) in [7, 11) is 0. The zero-order chi connectivity index (χ0) is 23.5. The van der Waals surface area contributed by atoms with Gasteiger partial charge in [-0.2, -0.15) is 0 Å². The van der Waals surface area contributed by atoms with E-state index < -0.39 is 16.9 Å². The zero-order valence-electron chi connectivity index (χ0n) is 17.8. The second-order valence-corrected chi connectivity index (χ2v) is 7.29. The zero-order valence-corrected chi connectivity index (χ0v) is 17.8. The topological polar surface area (TPSA) is 133 Å². The number of nitro groups is 1. The Morgan fingerprint density at radius 1 is 1.00 bits per heavy atom. The minimum atomic E-state index is -1.82. The Kier molecular flexibility index (Phi) is 9.58. The van der Waals surface area contributed by atoms with Crippen LogP contribution in [0.2, 0.25) is 0 Å². The van der Waals surface area contributed by atoms with E-state index >= 15 is 0 Å². The molecule has 3 rings (SSSR count). The average Bonchev–Trinajstić information content (AvgIpc) is 2.76. The average molecular weight is 445 g/mol. The number of aryl methyl sites for hydroxylation is 1. The Bertz CT molecular complexity index is 901. The van der Waals surface area contributed by atoms with Crippen molar-refractivity contribution in [1.29, 1.82) is 0 Å². The van der Waals surface area contributed by atoms with E-state index in [2.05, 4.69) is 34.1 Å². The maximum atomic E-state index is 11.1. The summed E-state index contributed by atoms with van der Waals surface area (Å²) in [5.41, 5.74) is 2.33. The number of carboxylic acids is 2. The predicted octanol–water partition coefficient (Wildman–Crippen LogP) is 2.26. The first-order valence-electron chi connectivity index (χ1n) is 10.1. The van der Waals surface area contributed by atoms with E-state index in [0.717, 1.165) is 44.8 Å². The van der Waals surface area contributed by atoms with Crippen LogP contribution in [0, 0.1) is 17.0 Å². The number of nitro benzene ring substituents is 1. The number of aliphatic carboxylic acids is 2. The smallest absolute Gasteiger partial charge is 0.414 e. The van der Waals surface area contributed by atoms with E-state index in [1.165, 1.54) is 11.6 Å². The Morgan fingerprint density at radius 2 is 1.59 bits per heavy atom. The first-order valence-corrected chi connectivity index (χ1v) is 10.1. The van der Waals surface area contributed by atoms with Gasteiger partial charge >= 0.3 is 17.6 Å². The van der Waals surface area contributed by atoms with Crippen LogP contribution in [0.4, 0.5) is 5.69 Å². The van der Waals surface area contributed by atoms with Crippen LogP contribution in [0.1, 0.15) is 11.1 Å². The Morgan fingerprint density at radius 3 is 2.16 bits per heavy atom. The van der Waals surface area contributed by atoms with Gasteiger partial charge in [-0.25, -0.2) is 9.59 Å². The van der Waals surface area contributed by atoms with Crippen molar-refractivity contribution >= 4 is 17.6 Å². The number of nitrogens with zero attached hydrogens (tertiary/aromatic N) is 3.